The Balaban J connectivity index is 1.49. The second kappa shape index (κ2) is 10.8. The first-order valence-electron chi connectivity index (χ1n) is 12.5. The van der Waals surface area contributed by atoms with Crippen molar-refractivity contribution in [2.75, 3.05) is 19.7 Å². The number of hydrogen-bond donors (Lipinski definition) is 2. The van der Waals surface area contributed by atoms with Crippen molar-refractivity contribution in [2.24, 2.45) is 0 Å². The van der Waals surface area contributed by atoms with Gasteiger partial charge in [0.1, 0.15) is 11.4 Å². The summed E-state index contributed by atoms with van der Waals surface area (Å²) in [5, 5.41) is 11.4. The number of pyridine rings is 1. The summed E-state index contributed by atoms with van der Waals surface area (Å²) in [5.41, 5.74) is 2.81. The van der Waals surface area contributed by atoms with E-state index in [1.165, 1.54) is 11.1 Å². The van der Waals surface area contributed by atoms with Gasteiger partial charge in [0.2, 0.25) is 0 Å². The third-order valence-corrected chi connectivity index (χ3v) is 9.29. The maximum Gasteiger partial charge on any atom is 0.277 e. The van der Waals surface area contributed by atoms with Crippen LogP contribution in [0.2, 0.25) is 5.02 Å². The van der Waals surface area contributed by atoms with E-state index in [1.54, 1.807) is 37.3 Å². The first-order chi connectivity index (χ1) is 18.2. The van der Waals surface area contributed by atoms with E-state index in [4.69, 9.17) is 16.3 Å². The second-order valence-electron chi connectivity index (χ2n) is 9.39. The van der Waals surface area contributed by atoms with Crippen molar-refractivity contribution in [1.29, 1.82) is 0 Å². The number of aromatic nitrogens is 2. The molecule has 1 aliphatic carbocycles. The van der Waals surface area contributed by atoms with Crippen LogP contribution in [-0.2, 0) is 9.84 Å². The number of fused-ring (bicyclic) bond motifs is 3. The van der Waals surface area contributed by atoms with Crippen LogP contribution in [0.5, 0.6) is 5.75 Å². The number of aliphatic hydroxyl groups excluding tert-OH is 1. The van der Waals surface area contributed by atoms with E-state index in [0.717, 1.165) is 21.9 Å². The van der Waals surface area contributed by atoms with Gasteiger partial charge in [0.05, 0.1) is 27.3 Å². The zero-order chi connectivity index (χ0) is 27.0. The van der Waals surface area contributed by atoms with E-state index in [2.05, 4.69) is 9.97 Å². The summed E-state index contributed by atoms with van der Waals surface area (Å²) >= 11 is 6.27. The highest BCUT2D eigenvalue weighted by Gasteiger charge is 2.37. The SMILES string of the molecule is CCN(CCCOc1ccc(-c2cccc(S(=O)(=O)C3CC3)c2)c2c1[nH]c1ncc(Cl)cc12)C(O)C(F)F. The zero-order valence-electron chi connectivity index (χ0n) is 20.7. The lowest BCUT2D eigenvalue weighted by atomic mass is 9.99. The average molecular weight is 564 g/mol. The van der Waals surface area contributed by atoms with Crippen molar-refractivity contribution in [3.05, 3.63) is 53.7 Å². The van der Waals surface area contributed by atoms with Gasteiger partial charge in [0, 0.05) is 23.5 Å². The van der Waals surface area contributed by atoms with E-state index >= 15 is 0 Å². The van der Waals surface area contributed by atoms with Gasteiger partial charge in [-0.05, 0) is 67.3 Å². The molecule has 1 atom stereocenters. The van der Waals surface area contributed by atoms with E-state index in [-0.39, 0.29) is 24.9 Å². The molecule has 2 heterocycles. The minimum absolute atomic E-state index is 0.236. The monoisotopic (exact) mass is 563 g/mol. The van der Waals surface area contributed by atoms with Gasteiger partial charge >= 0.3 is 0 Å². The van der Waals surface area contributed by atoms with E-state index in [0.29, 0.717) is 46.1 Å². The molecule has 1 aliphatic rings. The van der Waals surface area contributed by atoms with Crippen molar-refractivity contribution in [2.45, 2.75) is 49.0 Å². The van der Waals surface area contributed by atoms with Crippen LogP contribution in [0.15, 0.2) is 53.6 Å². The van der Waals surface area contributed by atoms with Crippen LogP contribution >= 0.6 is 11.6 Å². The van der Waals surface area contributed by atoms with Crippen LogP contribution in [0, 0.1) is 0 Å². The average Bonchev–Trinajstić information content (AvgIpc) is 3.70. The first-order valence-corrected chi connectivity index (χ1v) is 14.4. The molecule has 4 aromatic rings. The number of hydrogen-bond acceptors (Lipinski definition) is 6. The molecule has 202 valence electrons. The van der Waals surface area contributed by atoms with Gasteiger partial charge in [0.25, 0.3) is 6.43 Å². The van der Waals surface area contributed by atoms with Crippen LogP contribution in [0.25, 0.3) is 33.1 Å². The smallest absolute Gasteiger partial charge is 0.277 e. The number of ether oxygens (including phenoxy) is 1. The number of nitrogens with one attached hydrogen (secondary N) is 1. The highest BCUT2D eigenvalue weighted by molar-refractivity contribution is 7.92. The van der Waals surface area contributed by atoms with Crippen LogP contribution < -0.4 is 4.74 Å². The lowest BCUT2D eigenvalue weighted by Crippen LogP contribution is -2.41. The molecular weight excluding hydrogens is 536 g/mol. The number of sulfone groups is 1. The van der Waals surface area contributed by atoms with Gasteiger partial charge in [0.15, 0.2) is 16.1 Å². The molecule has 38 heavy (non-hydrogen) atoms. The van der Waals surface area contributed by atoms with Crippen LogP contribution in [0.4, 0.5) is 8.78 Å². The Kier molecular flexibility index (Phi) is 7.59. The third kappa shape index (κ3) is 5.22. The summed E-state index contributed by atoms with van der Waals surface area (Å²) in [6.07, 6.45) is -1.32. The Hall–Kier alpha value is -2.79. The number of aromatic amines is 1. The minimum atomic E-state index is -3.36. The number of rotatable bonds is 11. The molecule has 5 rings (SSSR count). The van der Waals surface area contributed by atoms with Gasteiger partial charge in [-0.15, -0.1) is 0 Å². The molecule has 2 aromatic heterocycles. The molecule has 0 radical (unpaired) electrons. The van der Waals surface area contributed by atoms with Crippen LogP contribution in [0.1, 0.15) is 26.2 Å². The molecule has 11 heteroatoms. The van der Waals surface area contributed by atoms with Gasteiger partial charge in [-0.1, -0.05) is 30.7 Å². The highest BCUT2D eigenvalue weighted by atomic mass is 35.5. The van der Waals surface area contributed by atoms with E-state index in [9.17, 15) is 22.3 Å². The normalized spacial score (nSPS) is 15.1. The fourth-order valence-corrected chi connectivity index (χ4v) is 6.55. The highest BCUT2D eigenvalue weighted by Crippen LogP contribution is 2.41. The third-order valence-electron chi connectivity index (χ3n) is 6.82. The molecule has 0 saturated heterocycles. The van der Waals surface area contributed by atoms with Crippen molar-refractivity contribution >= 4 is 43.4 Å². The Morgan fingerprint density at radius 1 is 1.24 bits per heavy atom. The Bertz CT molecular complexity index is 1570. The summed E-state index contributed by atoms with van der Waals surface area (Å²) in [7, 11) is -3.36. The molecule has 0 amide bonds. The predicted octanol–water partition coefficient (Wildman–Crippen LogP) is 5.65. The maximum absolute atomic E-state index is 12.9. The van der Waals surface area contributed by atoms with Crippen molar-refractivity contribution < 1.29 is 27.0 Å². The predicted molar refractivity (Wildman–Crippen MR) is 144 cm³/mol. The number of halogens is 3. The summed E-state index contributed by atoms with van der Waals surface area (Å²) < 4.78 is 57.6. The molecule has 0 aliphatic heterocycles. The van der Waals surface area contributed by atoms with Gasteiger partial charge < -0.3 is 14.8 Å². The number of alkyl halides is 2. The molecule has 0 spiro atoms. The topological polar surface area (TPSA) is 95.5 Å². The van der Waals surface area contributed by atoms with Crippen LogP contribution in [0.3, 0.4) is 0 Å². The second-order valence-corrected chi connectivity index (χ2v) is 12.1. The molecule has 1 fully saturated rings. The van der Waals surface area contributed by atoms with Gasteiger partial charge in [-0.3, -0.25) is 4.90 Å². The largest absolute Gasteiger partial charge is 0.491 e. The molecular formula is C27H28ClF2N3O4S. The van der Waals surface area contributed by atoms with Crippen molar-refractivity contribution in [3.63, 3.8) is 0 Å². The Morgan fingerprint density at radius 2 is 2.03 bits per heavy atom. The Morgan fingerprint density at radius 3 is 2.74 bits per heavy atom. The fraction of sp³-hybridized carbons (Fsp3) is 0.370. The number of aliphatic hydroxyl groups is 1. The maximum atomic E-state index is 12.9. The summed E-state index contributed by atoms with van der Waals surface area (Å²) in [5.74, 6) is 0.539. The number of nitrogens with zero attached hydrogens (tertiary/aromatic N) is 2. The number of H-pyrrole nitrogens is 1. The van der Waals surface area contributed by atoms with E-state index < -0.39 is 22.5 Å². The minimum Gasteiger partial charge on any atom is -0.491 e. The van der Waals surface area contributed by atoms with Gasteiger partial charge in [-0.25, -0.2) is 22.2 Å². The van der Waals surface area contributed by atoms with Crippen LogP contribution in [-0.4, -0.2) is 66.0 Å². The molecule has 0 bridgehead atoms. The zero-order valence-corrected chi connectivity index (χ0v) is 22.3. The molecule has 7 nitrogen and oxygen atoms in total. The quantitative estimate of drug-likeness (QED) is 0.181. The number of benzene rings is 2. The van der Waals surface area contributed by atoms with Crippen molar-refractivity contribution in [3.8, 4) is 16.9 Å². The first kappa shape index (κ1) is 26.8. The molecule has 1 saturated carbocycles. The van der Waals surface area contributed by atoms with Crippen molar-refractivity contribution in [1.82, 2.24) is 14.9 Å². The lowest BCUT2D eigenvalue weighted by molar-refractivity contribution is -0.0994. The summed E-state index contributed by atoms with van der Waals surface area (Å²) in [6, 6.07) is 12.4. The Labute approximate surface area is 224 Å². The molecule has 2 aromatic carbocycles. The fourth-order valence-electron chi connectivity index (χ4n) is 4.69. The van der Waals surface area contributed by atoms with E-state index in [1.807, 2.05) is 12.1 Å². The summed E-state index contributed by atoms with van der Waals surface area (Å²) in [6.45, 7) is 2.48. The lowest BCUT2D eigenvalue weighted by Gasteiger charge is -2.25. The summed E-state index contributed by atoms with van der Waals surface area (Å²) in [4.78, 5) is 9.29. The molecule has 1 unspecified atom stereocenters. The molecule has 2 N–H and O–H groups in total. The van der Waals surface area contributed by atoms with Gasteiger partial charge in [-0.2, -0.15) is 0 Å². The standard InChI is InChI=1S/C27H28ClF2N3O4S/c1-2-33(27(34)25(29)30)11-4-12-37-22-10-9-20(23-21-14-17(28)15-31-26(21)32-24(22)23)16-5-3-6-19(13-16)38(35,36)18-7-8-18/h3,5-6,9-10,13-15,18,25,27,34H,2,4,7-8,11-12H2,1H3,(H,31,32).